The first kappa shape index (κ1) is 20.0. The zero-order valence-corrected chi connectivity index (χ0v) is 17.9. The van der Waals surface area contributed by atoms with Gasteiger partial charge in [-0.15, -0.1) is 11.8 Å². The summed E-state index contributed by atoms with van der Waals surface area (Å²) in [6, 6.07) is 15.6. The summed E-state index contributed by atoms with van der Waals surface area (Å²) in [4.78, 5) is 20.1. The summed E-state index contributed by atoms with van der Waals surface area (Å²) in [6.07, 6.45) is 0.414. The van der Waals surface area contributed by atoms with E-state index in [1.807, 2.05) is 40.9 Å². The second kappa shape index (κ2) is 8.59. The highest BCUT2D eigenvalue weighted by molar-refractivity contribution is 7.99. The minimum atomic E-state index is 0.0872. The number of carbonyl (C=O) groups excluding carboxylic acids is 1. The highest BCUT2D eigenvalue weighted by Crippen LogP contribution is 2.29. The van der Waals surface area contributed by atoms with Gasteiger partial charge in [0.1, 0.15) is 0 Å². The molecule has 0 unspecified atom stereocenters. The normalized spacial score (nSPS) is 14.3. The van der Waals surface area contributed by atoms with Gasteiger partial charge in [-0.2, -0.15) is 4.98 Å². The summed E-state index contributed by atoms with van der Waals surface area (Å²) in [7, 11) is 0. The summed E-state index contributed by atoms with van der Waals surface area (Å²) in [6.45, 7) is 5.56. The van der Waals surface area contributed by atoms with Gasteiger partial charge in [-0.05, 0) is 29.8 Å². The van der Waals surface area contributed by atoms with E-state index in [0.717, 1.165) is 11.1 Å². The van der Waals surface area contributed by atoms with E-state index in [0.29, 0.717) is 41.5 Å². The van der Waals surface area contributed by atoms with Crippen molar-refractivity contribution in [1.82, 2.24) is 15.0 Å². The molecule has 0 radical (unpaired) electrons. The minimum absolute atomic E-state index is 0.0872. The van der Waals surface area contributed by atoms with E-state index in [1.165, 1.54) is 4.90 Å². The maximum Gasteiger partial charge on any atom is 0.233 e. The van der Waals surface area contributed by atoms with E-state index >= 15 is 0 Å². The Balaban J connectivity index is 1.31. The van der Waals surface area contributed by atoms with Crippen molar-refractivity contribution in [2.24, 2.45) is 0 Å². The molecule has 0 atom stereocenters. The molecule has 0 saturated carbocycles. The molecule has 7 heteroatoms. The molecule has 0 bridgehead atoms. The summed E-state index contributed by atoms with van der Waals surface area (Å²) >= 11 is 7.84. The number of likely N-dealkylation sites (tertiary alicyclic amines) is 1. The van der Waals surface area contributed by atoms with Crippen LogP contribution in [-0.2, 0) is 11.2 Å². The van der Waals surface area contributed by atoms with Gasteiger partial charge in [0.2, 0.25) is 17.6 Å². The number of hydrogen-bond acceptors (Lipinski definition) is 5. The lowest BCUT2D eigenvalue weighted by Crippen LogP contribution is -2.49. The van der Waals surface area contributed by atoms with Crippen LogP contribution in [-0.4, -0.2) is 39.3 Å². The van der Waals surface area contributed by atoms with Crippen LogP contribution in [0.25, 0.3) is 11.4 Å². The lowest BCUT2D eigenvalue weighted by atomic mass is 9.99. The average molecular weight is 428 g/mol. The van der Waals surface area contributed by atoms with Crippen LogP contribution in [0.15, 0.2) is 57.9 Å². The van der Waals surface area contributed by atoms with Crippen molar-refractivity contribution in [3.63, 3.8) is 0 Å². The van der Waals surface area contributed by atoms with Crippen LogP contribution in [0.2, 0.25) is 5.02 Å². The fourth-order valence-electron chi connectivity index (χ4n) is 3.23. The number of halogens is 1. The summed E-state index contributed by atoms with van der Waals surface area (Å²) in [5, 5.41) is 5.22. The van der Waals surface area contributed by atoms with E-state index in [2.05, 4.69) is 36.1 Å². The molecular formula is C22H22ClN3O2S. The number of aromatic nitrogens is 2. The fraction of sp³-hybridized carbons (Fsp3) is 0.318. The standard InChI is InChI=1S/C22H22ClN3O2S/c1-14(2)29-19-8-6-15(7-9-19)10-20(27)26-12-17(13-26)22-24-21(25-28-22)16-4-3-5-18(23)11-16/h3-9,11,14,17H,10,12-13H2,1-2H3. The lowest BCUT2D eigenvalue weighted by molar-refractivity contribution is -0.135. The Labute approximate surface area is 179 Å². The molecule has 1 fully saturated rings. The molecule has 0 N–H and O–H groups in total. The number of hydrogen-bond donors (Lipinski definition) is 0. The molecule has 2 aromatic carbocycles. The second-order valence-corrected chi connectivity index (χ2v) is 9.54. The van der Waals surface area contributed by atoms with Gasteiger partial charge in [-0.25, -0.2) is 0 Å². The topological polar surface area (TPSA) is 59.2 Å². The van der Waals surface area contributed by atoms with Gasteiger partial charge >= 0.3 is 0 Å². The van der Waals surface area contributed by atoms with Crippen LogP contribution >= 0.6 is 23.4 Å². The predicted molar refractivity (Wildman–Crippen MR) is 115 cm³/mol. The molecule has 3 aromatic rings. The van der Waals surface area contributed by atoms with Crippen LogP contribution in [0.1, 0.15) is 31.2 Å². The molecule has 4 rings (SSSR count). The van der Waals surface area contributed by atoms with Crippen molar-refractivity contribution in [3.8, 4) is 11.4 Å². The third kappa shape index (κ3) is 4.82. The first-order valence-electron chi connectivity index (χ1n) is 9.61. The Morgan fingerprint density at radius 1 is 1.24 bits per heavy atom. The van der Waals surface area contributed by atoms with Gasteiger partial charge in [0.25, 0.3) is 0 Å². The quantitative estimate of drug-likeness (QED) is 0.514. The van der Waals surface area contributed by atoms with Crippen LogP contribution < -0.4 is 0 Å². The Hall–Kier alpha value is -2.31. The molecule has 1 aliphatic rings. The van der Waals surface area contributed by atoms with E-state index in [-0.39, 0.29) is 11.8 Å². The Morgan fingerprint density at radius 3 is 2.69 bits per heavy atom. The number of amides is 1. The molecular weight excluding hydrogens is 406 g/mol. The molecule has 1 saturated heterocycles. The second-order valence-electron chi connectivity index (χ2n) is 7.45. The molecule has 0 aliphatic carbocycles. The highest BCUT2D eigenvalue weighted by atomic mass is 35.5. The zero-order valence-electron chi connectivity index (χ0n) is 16.3. The number of nitrogens with zero attached hydrogens (tertiary/aromatic N) is 3. The molecule has 1 amide bonds. The molecule has 0 spiro atoms. The third-order valence-electron chi connectivity index (χ3n) is 4.76. The Morgan fingerprint density at radius 2 is 2.00 bits per heavy atom. The van der Waals surface area contributed by atoms with Crippen LogP contribution in [0, 0.1) is 0 Å². The van der Waals surface area contributed by atoms with Gasteiger partial charge in [-0.1, -0.05) is 54.9 Å². The van der Waals surface area contributed by atoms with Gasteiger partial charge in [0.05, 0.1) is 12.3 Å². The SMILES string of the molecule is CC(C)Sc1ccc(CC(=O)N2CC(c3nc(-c4cccc(Cl)c4)no3)C2)cc1. The van der Waals surface area contributed by atoms with E-state index in [9.17, 15) is 4.79 Å². The fourth-order valence-corrected chi connectivity index (χ4v) is 4.26. The molecule has 150 valence electrons. The zero-order chi connectivity index (χ0) is 20.4. The third-order valence-corrected chi connectivity index (χ3v) is 6.01. The predicted octanol–water partition coefficient (Wildman–Crippen LogP) is 5.06. The number of rotatable bonds is 6. The van der Waals surface area contributed by atoms with Gasteiger partial charge in [-0.3, -0.25) is 4.79 Å². The lowest BCUT2D eigenvalue weighted by Gasteiger charge is -2.37. The van der Waals surface area contributed by atoms with Gasteiger partial charge < -0.3 is 9.42 Å². The summed E-state index contributed by atoms with van der Waals surface area (Å²) in [5.74, 6) is 1.30. The van der Waals surface area contributed by atoms with Crippen molar-refractivity contribution < 1.29 is 9.32 Å². The van der Waals surface area contributed by atoms with Crippen molar-refractivity contribution >= 4 is 29.3 Å². The smallest absolute Gasteiger partial charge is 0.233 e. The summed E-state index contributed by atoms with van der Waals surface area (Å²) in [5.41, 5.74) is 1.85. The van der Waals surface area contributed by atoms with E-state index in [4.69, 9.17) is 16.1 Å². The number of thioether (sulfide) groups is 1. The molecule has 29 heavy (non-hydrogen) atoms. The maximum absolute atomic E-state index is 12.5. The van der Waals surface area contributed by atoms with E-state index < -0.39 is 0 Å². The van der Waals surface area contributed by atoms with Crippen molar-refractivity contribution in [2.75, 3.05) is 13.1 Å². The largest absolute Gasteiger partial charge is 0.341 e. The first-order valence-corrected chi connectivity index (χ1v) is 10.9. The monoisotopic (exact) mass is 427 g/mol. The Kier molecular flexibility index (Phi) is 5.92. The number of carbonyl (C=O) groups is 1. The molecule has 2 heterocycles. The average Bonchev–Trinajstić information content (AvgIpc) is 3.11. The molecule has 1 aliphatic heterocycles. The van der Waals surface area contributed by atoms with Crippen LogP contribution in [0.3, 0.4) is 0 Å². The van der Waals surface area contributed by atoms with E-state index in [1.54, 1.807) is 12.1 Å². The Bertz CT molecular complexity index is 997. The van der Waals surface area contributed by atoms with Crippen LogP contribution in [0.4, 0.5) is 0 Å². The minimum Gasteiger partial charge on any atom is -0.341 e. The van der Waals surface area contributed by atoms with Crippen molar-refractivity contribution in [1.29, 1.82) is 0 Å². The maximum atomic E-state index is 12.5. The first-order chi connectivity index (χ1) is 14.0. The van der Waals surface area contributed by atoms with Crippen LogP contribution in [0.5, 0.6) is 0 Å². The number of benzene rings is 2. The molecule has 1 aromatic heterocycles. The van der Waals surface area contributed by atoms with Gasteiger partial charge in [0.15, 0.2) is 0 Å². The summed E-state index contributed by atoms with van der Waals surface area (Å²) < 4.78 is 5.41. The highest BCUT2D eigenvalue weighted by Gasteiger charge is 2.35. The van der Waals surface area contributed by atoms with Gasteiger partial charge in [0, 0.05) is 33.8 Å². The van der Waals surface area contributed by atoms with Crippen molar-refractivity contribution in [2.45, 2.75) is 36.3 Å². The van der Waals surface area contributed by atoms with Crippen molar-refractivity contribution in [3.05, 3.63) is 65.0 Å². The molecule has 5 nitrogen and oxygen atoms in total.